The Labute approximate surface area is 215 Å². The van der Waals surface area contributed by atoms with Crippen molar-refractivity contribution in [3.05, 3.63) is 65.4 Å². The van der Waals surface area contributed by atoms with Gasteiger partial charge in [0, 0.05) is 49.5 Å². The molecular weight excluding hydrogens is 480 g/mol. The second kappa shape index (κ2) is 12.1. The van der Waals surface area contributed by atoms with E-state index in [1.807, 2.05) is 18.2 Å². The number of fused-ring (bicyclic) bond motifs is 1. The molecule has 200 valence electrons. The first-order chi connectivity index (χ1) is 17.9. The molecule has 1 aliphatic rings. The minimum Gasteiger partial charge on any atom is -0.497 e. The van der Waals surface area contributed by atoms with Crippen LogP contribution in [0.15, 0.2) is 42.6 Å². The number of likely N-dealkylation sites (tertiary alicyclic amines) is 1. The number of ether oxygens (including phenoxy) is 2. The zero-order chi connectivity index (χ0) is 26.4. The van der Waals surface area contributed by atoms with E-state index in [9.17, 15) is 19.0 Å². The molecular formula is C28H35F2N3O4. The van der Waals surface area contributed by atoms with Gasteiger partial charge in [-0.2, -0.15) is 0 Å². The Balaban J connectivity index is 1.35. The first kappa shape index (κ1) is 27.2. The zero-order valence-corrected chi connectivity index (χ0v) is 21.1. The predicted molar refractivity (Wildman–Crippen MR) is 137 cm³/mol. The fraction of sp³-hybridized carbons (Fsp3) is 0.464. The number of hydrogen-bond donors (Lipinski definition) is 3. The lowest BCUT2D eigenvalue weighted by atomic mass is 9.74. The van der Waals surface area contributed by atoms with Crippen LogP contribution in [0.4, 0.5) is 8.78 Å². The van der Waals surface area contributed by atoms with Gasteiger partial charge in [0.1, 0.15) is 29.7 Å². The molecule has 0 saturated carbocycles. The molecule has 7 nitrogen and oxygen atoms in total. The molecule has 1 aromatic heterocycles. The highest BCUT2D eigenvalue weighted by molar-refractivity contribution is 5.85. The van der Waals surface area contributed by atoms with Crippen LogP contribution >= 0.6 is 0 Å². The van der Waals surface area contributed by atoms with Crippen molar-refractivity contribution >= 4 is 10.9 Å². The minimum absolute atomic E-state index is 0.0429. The molecule has 4 rings (SSSR count). The van der Waals surface area contributed by atoms with Crippen molar-refractivity contribution in [3.8, 4) is 11.5 Å². The number of nitrogens with two attached hydrogens (primary N) is 1. The number of halogens is 2. The van der Waals surface area contributed by atoms with Gasteiger partial charge in [0.2, 0.25) is 0 Å². The van der Waals surface area contributed by atoms with Gasteiger partial charge in [0.05, 0.1) is 18.7 Å². The summed E-state index contributed by atoms with van der Waals surface area (Å²) in [6.07, 6.45) is 3.66. The molecule has 9 heteroatoms. The number of rotatable bonds is 11. The smallest absolute Gasteiger partial charge is 0.129 e. The number of aliphatic hydroxyl groups is 2. The maximum Gasteiger partial charge on any atom is 0.129 e. The number of piperidine rings is 1. The topological polar surface area (TPSA) is 101 Å². The lowest BCUT2D eigenvalue weighted by Gasteiger charge is -2.41. The Kier molecular flexibility index (Phi) is 8.91. The Morgan fingerprint density at radius 1 is 1.11 bits per heavy atom. The van der Waals surface area contributed by atoms with Crippen LogP contribution in [0.25, 0.3) is 10.9 Å². The normalized spacial score (nSPS) is 16.6. The van der Waals surface area contributed by atoms with Crippen LogP contribution < -0.4 is 15.2 Å². The standard InChI is InChI=1S/C28H35F2N3O4/c1-36-22-2-3-25-24(15-22)27(19(16-31)17-32-25)26(35)4-5-28(18-34)6-8-33(9-7-28)10-11-37-23-13-20(29)12-21(30)14-23/h2-3,12-15,17,26,34-35H,4-11,16,18,31H2,1H3/t26-/m0/s1. The van der Waals surface area contributed by atoms with E-state index in [1.165, 1.54) is 12.1 Å². The van der Waals surface area contributed by atoms with Crippen LogP contribution in [-0.4, -0.2) is 60.1 Å². The fourth-order valence-corrected chi connectivity index (χ4v) is 5.15. The van der Waals surface area contributed by atoms with E-state index in [1.54, 1.807) is 13.3 Å². The number of benzene rings is 2. The summed E-state index contributed by atoms with van der Waals surface area (Å²) >= 11 is 0. The van der Waals surface area contributed by atoms with Crippen molar-refractivity contribution in [2.75, 3.05) is 40.0 Å². The third-order valence-corrected chi connectivity index (χ3v) is 7.47. The Morgan fingerprint density at radius 2 is 1.84 bits per heavy atom. The summed E-state index contributed by atoms with van der Waals surface area (Å²) in [6.45, 7) is 2.77. The van der Waals surface area contributed by atoms with Crippen LogP contribution in [-0.2, 0) is 6.54 Å². The van der Waals surface area contributed by atoms with Crippen molar-refractivity contribution in [1.82, 2.24) is 9.88 Å². The molecule has 4 N–H and O–H groups in total. The fourth-order valence-electron chi connectivity index (χ4n) is 5.15. The van der Waals surface area contributed by atoms with Crippen LogP contribution in [0, 0.1) is 17.0 Å². The molecule has 0 spiro atoms. The molecule has 1 aliphatic heterocycles. The van der Waals surface area contributed by atoms with Gasteiger partial charge < -0.3 is 25.4 Å². The van der Waals surface area contributed by atoms with Crippen LogP contribution in [0.5, 0.6) is 11.5 Å². The summed E-state index contributed by atoms with van der Waals surface area (Å²) in [4.78, 5) is 6.69. The predicted octanol–water partition coefficient (Wildman–Crippen LogP) is 3.95. The van der Waals surface area contributed by atoms with Gasteiger partial charge in [-0.1, -0.05) is 0 Å². The number of aliphatic hydroxyl groups excluding tert-OH is 2. The highest BCUT2D eigenvalue weighted by atomic mass is 19.1. The summed E-state index contributed by atoms with van der Waals surface area (Å²) in [6, 6.07) is 8.72. The van der Waals surface area contributed by atoms with Gasteiger partial charge in [0.15, 0.2) is 0 Å². The third kappa shape index (κ3) is 6.54. The van der Waals surface area contributed by atoms with Crippen molar-refractivity contribution in [3.63, 3.8) is 0 Å². The van der Waals surface area contributed by atoms with E-state index in [0.717, 1.165) is 54.0 Å². The Morgan fingerprint density at radius 3 is 2.49 bits per heavy atom. The van der Waals surface area contributed by atoms with Gasteiger partial charge in [-0.05, 0) is 73.5 Å². The highest BCUT2D eigenvalue weighted by Crippen LogP contribution is 2.39. The maximum atomic E-state index is 13.3. The second-order valence-electron chi connectivity index (χ2n) is 9.79. The number of hydrogen-bond acceptors (Lipinski definition) is 7. The maximum absolute atomic E-state index is 13.3. The van der Waals surface area contributed by atoms with Gasteiger partial charge in [-0.3, -0.25) is 9.88 Å². The van der Waals surface area contributed by atoms with E-state index >= 15 is 0 Å². The summed E-state index contributed by atoms with van der Waals surface area (Å²) in [5.74, 6) is -0.477. The molecule has 0 radical (unpaired) electrons. The molecule has 1 atom stereocenters. The molecule has 0 aliphatic carbocycles. The first-order valence-electron chi connectivity index (χ1n) is 12.6. The number of methoxy groups -OCH3 is 1. The Bertz CT molecular complexity index is 1180. The molecule has 0 bridgehead atoms. The third-order valence-electron chi connectivity index (χ3n) is 7.47. The molecule has 2 aromatic carbocycles. The molecule has 3 aromatic rings. The average molecular weight is 516 g/mol. The molecule has 0 amide bonds. The highest BCUT2D eigenvalue weighted by Gasteiger charge is 2.34. The first-order valence-corrected chi connectivity index (χ1v) is 12.6. The van der Waals surface area contributed by atoms with Crippen molar-refractivity contribution < 1.29 is 28.5 Å². The van der Waals surface area contributed by atoms with Crippen molar-refractivity contribution in [1.29, 1.82) is 0 Å². The molecule has 0 unspecified atom stereocenters. The minimum atomic E-state index is -0.752. The lowest BCUT2D eigenvalue weighted by Crippen LogP contribution is -2.43. The van der Waals surface area contributed by atoms with E-state index in [2.05, 4.69) is 9.88 Å². The lowest BCUT2D eigenvalue weighted by molar-refractivity contribution is 0.0204. The molecule has 1 saturated heterocycles. The zero-order valence-electron chi connectivity index (χ0n) is 21.1. The molecule has 1 fully saturated rings. The van der Waals surface area contributed by atoms with Crippen molar-refractivity contribution in [2.24, 2.45) is 11.1 Å². The largest absolute Gasteiger partial charge is 0.497 e. The van der Waals surface area contributed by atoms with Crippen LogP contribution in [0.3, 0.4) is 0 Å². The molecule has 2 heterocycles. The van der Waals surface area contributed by atoms with Crippen LogP contribution in [0.1, 0.15) is 42.9 Å². The van der Waals surface area contributed by atoms with Crippen LogP contribution in [0.2, 0.25) is 0 Å². The summed E-state index contributed by atoms with van der Waals surface area (Å²) in [5, 5.41) is 22.4. The Hall–Kier alpha value is -2.85. The summed E-state index contributed by atoms with van der Waals surface area (Å²) in [5.41, 5.74) is 8.01. The van der Waals surface area contributed by atoms with E-state index in [0.29, 0.717) is 31.7 Å². The van der Waals surface area contributed by atoms with Gasteiger partial charge in [0.25, 0.3) is 0 Å². The van der Waals surface area contributed by atoms with E-state index < -0.39 is 17.7 Å². The number of aromatic nitrogens is 1. The summed E-state index contributed by atoms with van der Waals surface area (Å²) < 4.78 is 37.6. The summed E-state index contributed by atoms with van der Waals surface area (Å²) in [7, 11) is 1.60. The van der Waals surface area contributed by atoms with E-state index in [-0.39, 0.29) is 24.3 Å². The second-order valence-corrected chi connectivity index (χ2v) is 9.79. The monoisotopic (exact) mass is 515 g/mol. The SMILES string of the molecule is COc1ccc2ncc(CN)c([C@@H](O)CCC3(CO)CCN(CCOc4cc(F)cc(F)c4)CC3)c2c1. The van der Waals surface area contributed by atoms with Gasteiger partial charge >= 0.3 is 0 Å². The number of pyridine rings is 1. The van der Waals surface area contributed by atoms with Crippen molar-refractivity contribution in [2.45, 2.75) is 38.3 Å². The average Bonchev–Trinajstić information content (AvgIpc) is 2.91. The number of nitrogens with zero attached hydrogens (tertiary/aromatic N) is 2. The van der Waals surface area contributed by atoms with E-state index in [4.69, 9.17) is 15.2 Å². The van der Waals surface area contributed by atoms with Gasteiger partial charge in [-0.25, -0.2) is 8.78 Å². The molecule has 37 heavy (non-hydrogen) atoms. The quantitative estimate of drug-likeness (QED) is 0.356. The van der Waals surface area contributed by atoms with Gasteiger partial charge in [-0.15, -0.1) is 0 Å².